The first-order valence-electron chi connectivity index (χ1n) is 8.47. The fourth-order valence-electron chi connectivity index (χ4n) is 3.31. The van der Waals surface area contributed by atoms with Gasteiger partial charge in [0.05, 0.1) is 5.69 Å². The summed E-state index contributed by atoms with van der Waals surface area (Å²) in [6.07, 6.45) is 2.37. The van der Waals surface area contributed by atoms with Crippen LogP contribution in [0, 0.1) is 6.92 Å². The van der Waals surface area contributed by atoms with E-state index in [4.69, 9.17) is 16.1 Å². The number of likely N-dealkylation sites (N-methyl/N-ethyl adjacent to an activating group) is 1. The Morgan fingerprint density at radius 3 is 2.71 bits per heavy atom. The number of piperazine rings is 1. The van der Waals surface area contributed by atoms with Crippen molar-refractivity contribution in [3.8, 4) is 0 Å². The van der Waals surface area contributed by atoms with Gasteiger partial charge in [0.2, 0.25) is 5.89 Å². The maximum Gasteiger partial charge on any atom is 0.245 e. The zero-order chi connectivity index (χ0) is 16.8. The van der Waals surface area contributed by atoms with E-state index in [1.54, 1.807) is 4.68 Å². The lowest BCUT2D eigenvalue weighted by molar-refractivity contribution is 0.0713. The Hall–Kier alpha value is -1.44. The molecule has 2 aliphatic rings. The van der Waals surface area contributed by atoms with Crippen LogP contribution < -0.4 is 0 Å². The Kier molecular flexibility index (Phi) is 4.10. The summed E-state index contributed by atoms with van der Waals surface area (Å²) >= 11 is 6.38. The summed E-state index contributed by atoms with van der Waals surface area (Å²) in [4.78, 5) is 9.32. The fourth-order valence-corrected chi connectivity index (χ4v) is 3.54. The normalized spacial score (nSPS) is 23.1. The summed E-state index contributed by atoms with van der Waals surface area (Å²) in [5, 5.41) is 9.29. The van der Waals surface area contributed by atoms with Gasteiger partial charge in [0.1, 0.15) is 11.2 Å². The van der Waals surface area contributed by atoms with Crippen LogP contribution in [0.5, 0.6) is 0 Å². The summed E-state index contributed by atoms with van der Waals surface area (Å²) in [6.45, 7) is 5.61. The number of halogens is 1. The van der Waals surface area contributed by atoms with Gasteiger partial charge < -0.3 is 4.52 Å². The van der Waals surface area contributed by atoms with Gasteiger partial charge in [0, 0.05) is 44.7 Å². The summed E-state index contributed by atoms with van der Waals surface area (Å²) in [6, 6.07) is 0.134. The van der Waals surface area contributed by atoms with Crippen molar-refractivity contribution < 1.29 is 4.52 Å². The van der Waals surface area contributed by atoms with Crippen LogP contribution in [0.25, 0.3) is 0 Å². The second-order valence-electron chi connectivity index (χ2n) is 6.97. The molecule has 1 atom stereocenters. The summed E-state index contributed by atoms with van der Waals surface area (Å²) in [5.74, 6) is 2.13. The maximum absolute atomic E-state index is 6.38. The average Bonchev–Trinajstić information content (AvgIpc) is 3.25. The van der Waals surface area contributed by atoms with E-state index in [0.717, 1.165) is 54.3 Å². The second-order valence-corrected chi connectivity index (χ2v) is 7.33. The van der Waals surface area contributed by atoms with E-state index in [1.165, 1.54) is 12.8 Å². The summed E-state index contributed by atoms with van der Waals surface area (Å²) in [5.41, 5.74) is 2.10. The van der Waals surface area contributed by atoms with E-state index in [2.05, 4.69) is 32.1 Å². The predicted octanol–water partition coefficient (Wildman–Crippen LogP) is 2.13. The van der Waals surface area contributed by atoms with Crippen molar-refractivity contribution >= 4 is 11.6 Å². The van der Waals surface area contributed by atoms with Gasteiger partial charge in [-0.1, -0.05) is 16.8 Å². The third kappa shape index (κ3) is 2.96. The van der Waals surface area contributed by atoms with Crippen LogP contribution in [0.3, 0.4) is 0 Å². The zero-order valence-corrected chi connectivity index (χ0v) is 15.1. The van der Waals surface area contributed by atoms with Crippen LogP contribution >= 0.6 is 11.6 Å². The molecule has 1 aliphatic carbocycles. The van der Waals surface area contributed by atoms with Crippen LogP contribution in [0.15, 0.2) is 4.52 Å². The molecule has 2 aromatic rings. The molecular formula is C16H23ClN6O. The van der Waals surface area contributed by atoms with Gasteiger partial charge in [0.15, 0.2) is 5.82 Å². The summed E-state index contributed by atoms with van der Waals surface area (Å²) in [7, 11) is 3.99. The molecule has 0 unspecified atom stereocenters. The minimum Gasteiger partial charge on any atom is -0.338 e. The van der Waals surface area contributed by atoms with Crippen LogP contribution in [-0.2, 0) is 13.6 Å². The Labute approximate surface area is 146 Å². The van der Waals surface area contributed by atoms with E-state index >= 15 is 0 Å². The van der Waals surface area contributed by atoms with E-state index in [0.29, 0.717) is 5.92 Å². The van der Waals surface area contributed by atoms with Gasteiger partial charge >= 0.3 is 0 Å². The first-order chi connectivity index (χ1) is 11.5. The van der Waals surface area contributed by atoms with Gasteiger partial charge in [0.25, 0.3) is 0 Å². The highest BCUT2D eigenvalue weighted by Crippen LogP contribution is 2.39. The number of hydrogen-bond donors (Lipinski definition) is 0. The molecular weight excluding hydrogens is 328 g/mol. The maximum atomic E-state index is 6.38. The number of rotatable bonds is 4. The van der Waals surface area contributed by atoms with E-state index in [-0.39, 0.29) is 6.04 Å². The quantitative estimate of drug-likeness (QED) is 0.841. The van der Waals surface area contributed by atoms with Crippen molar-refractivity contribution in [2.24, 2.45) is 7.05 Å². The number of hydrogen-bond acceptors (Lipinski definition) is 6. The molecule has 24 heavy (non-hydrogen) atoms. The van der Waals surface area contributed by atoms with Gasteiger partial charge in [-0.05, 0) is 26.8 Å². The zero-order valence-electron chi connectivity index (χ0n) is 14.4. The first kappa shape index (κ1) is 16.1. The molecule has 4 rings (SSSR count). The molecule has 1 saturated carbocycles. The molecule has 1 aliphatic heterocycles. The third-order valence-corrected chi connectivity index (χ3v) is 5.54. The number of nitrogens with zero attached hydrogens (tertiary/aromatic N) is 6. The predicted molar refractivity (Wildman–Crippen MR) is 89.9 cm³/mol. The number of aryl methyl sites for hydroxylation is 2. The minimum absolute atomic E-state index is 0.134. The Morgan fingerprint density at radius 1 is 1.25 bits per heavy atom. The Bertz CT molecular complexity index is 737. The van der Waals surface area contributed by atoms with Gasteiger partial charge in [-0.25, -0.2) is 0 Å². The highest BCUT2D eigenvalue weighted by Gasteiger charge is 2.34. The Morgan fingerprint density at radius 2 is 2.04 bits per heavy atom. The third-order valence-electron chi connectivity index (χ3n) is 5.07. The van der Waals surface area contributed by atoms with Crippen molar-refractivity contribution in [3.63, 3.8) is 0 Å². The van der Waals surface area contributed by atoms with Crippen molar-refractivity contribution in [2.45, 2.75) is 38.3 Å². The molecule has 0 spiro atoms. The molecule has 1 saturated heterocycles. The molecule has 0 amide bonds. The standard InChI is InChI=1S/C16H23ClN6O/c1-10-12(14(17)22(3)19-10)8-23-7-6-21(2)13(9-23)16-18-15(20-24-16)11-4-5-11/h11,13H,4-9H2,1-3H3/t13-/m0/s1. The smallest absolute Gasteiger partial charge is 0.245 e. The molecule has 130 valence electrons. The molecule has 0 N–H and O–H groups in total. The van der Waals surface area contributed by atoms with Gasteiger partial charge in [-0.2, -0.15) is 10.1 Å². The van der Waals surface area contributed by atoms with Crippen LogP contribution in [0.1, 0.15) is 47.8 Å². The largest absolute Gasteiger partial charge is 0.338 e. The van der Waals surface area contributed by atoms with Crippen molar-refractivity contribution in [2.75, 3.05) is 26.7 Å². The average molecular weight is 351 g/mol. The van der Waals surface area contributed by atoms with Crippen molar-refractivity contribution in [1.82, 2.24) is 29.7 Å². The van der Waals surface area contributed by atoms with Crippen molar-refractivity contribution in [1.29, 1.82) is 0 Å². The second kappa shape index (κ2) is 6.13. The van der Waals surface area contributed by atoms with Crippen LogP contribution in [0.2, 0.25) is 5.15 Å². The SMILES string of the molecule is Cc1nn(C)c(Cl)c1CN1CCN(C)[C@H](c2nc(C3CC3)no2)C1. The molecule has 0 aromatic carbocycles. The minimum atomic E-state index is 0.134. The fraction of sp³-hybridized carbons (Fsp3) is 0.688. The lowest BCUT2D eigenvalue weighted by Crippen LogP contribution is -2.46. The molecule has 2 fully saturated rings. The monoisotopic (exact) mass is 350 g/mol. The van der Waals surface area contributed by atoms with E-state index in [1.807, 2.05) is 14.0 Å². The van der Waals surface area contributed by atoms with E-state index in [9.17, 15) is 0 Å². The molecule has 8 heteroatoms. The van der Waals surface area contributed by atoms with Crippen LogP contribution in [0.4, 0.5) is 0 Å². The molecule has 3 heterocycles. The summed E-state index contributed by atoms with van der Waals surface area (Å²) < 4.78 is 7.29. The van der Waals surface area contributed by atoms with Crippen molar-refractivity contribution in [3.05, 3.63) is 28.1 Å². The Balaban J connectivity index is 1.49. The number of aromatic nitrogens is 4. The first-order valence-corrected chi connectivity index (χ1v) is 8.84. The molecule has 0 radical (unpaired) electrons. The highest BCUT2D eigenvalue weighted by molar-refractivity contribution is 6.30. The topological polar surface area (TPSA) is 63.2 Å². The lowest BCUT2D eigenvalue weighted by atomic mass is 10.1. The lowest BCUT2D eigenvalue weighted by Gasteiger charge is -2.37. The van der Waals surface area contributed by atoms with E-state index < -0.39 is 0 Å². The van der Waals surface area contributed by atoms with Gasteiger partial charge in [-0.15, -0.1) is 0 Å². The molecule has 0 bridgehead atoms. The van der Waals surface area contributed by atoms with Gasteiger partial charge in [-0.3, -0.25) is 14.5 Å². The highest BCUT2D eigenvalue weighted by atomic mass is 35.5. The van der Waals surface area contributed by atoms with Crippen LogP contribution in [-0.4, -0.2) is 56.4 Å². The molecule has 7 nitrogen and oxygen atoms in total. The molecule has 2 aromatic heterocycles.